The summed E-state index contributed by atoms with van der Waals surface area (Å²) in [5, 5.41) is 7.15. The van der Waals surface area contributed by atoms with E-state index in [-0.39, 0.29) is 23.9 Å². The summed E-state index contributed by atoms with van der Waals surface area (Å²) in [5.41, 5.74) is 5.53. The first-order valence-electron chi connectivity index (χ1n) is 12.2. The van der Waals surface area contributed by atoms with Gasteiger partial charge in [0.1, 0.15) is 5.39 Å². The van der Waals surface area contributed by atoms with Gasteiger partial charge in [0.15, 0.2) is 5.65 Å². The Morgan fingerprint density at radius 2 is 2.00 bits per heavy atom. The number of hydrogen-bond acceptors (Lipinski definition) is 6. The maximum Gasteiger partial charge on any atom is 0.278 e. The average molecular weight is 486 g/mol. The summed E-state index contributed by atoms with van der Waals surface area (Å²) in [6, 6.07) is 13.9. The van der Waals surface area contributed by atoms with Crippen LogP contribution in [-0.4, -0.2) is 50.8 Å². The third-order valence-corrected chi connectivity index (χ3v) is 6.47. The zero-order valence-electron chi connectivity index (χ0n) is 21.1. The summed E-state index contributed by atoms with van der Waals surface area (Å²) in [5.74, 6) is 0.436. The smallest absolute Gasteiger partial charge is 0.278 e. The summed E-state index contributed by atoms with van der Waals surface area (Å²) in [4.78, 5) is 36.4. The van der Waals surface area contributed by atoms with Gasteiger partial charge in [-0.15, -0.1) is 0 Å². The van der Waals surface area contributed by atoms with Crippen molar-refractivity contribution in [2.45, 2.75) is 39.3 Å². The summed E-state index contributed by atoms with van der Waals surface area (Å²) in [6.07, 6.45) is 2.85. The number of carbonyl (C=O) groups is 1. The lowest BCUT2D eigenvalue weighted by Gasteiger charge is -2.18. The molecule has 9 heteroatoms. The highest BCUT2D eigenvalue weighted by Crippen LogP contribution is 2.24. The molecular formula is C27H31N7O2. The molecule has 1 amide bonds. The van der Waals surface area contributed by atoms with Gasteiger partial charge in [-0.1, -0.05) is 18.2 Å². The number of amides is 1. The van der Waals surface area contributed by atoms with Crippen molar-refractivity contribution >= 4 is 28.6 Å². The number of nitrogens with one attached hydrogen (secondary N) is 2. The Bertz CT molecular complexity index is 1500. The van der Waals surface area contributed by atoms with Crippen molar-refractivity contribution in [3.63, 3.8) is 0 Å². The average Bonchev–Trinajstić information content (AvgIpc) is 3.16. The van der Waals surface area contributed by atoms with E-state index in [1.165, 1.54) is 11.1 Å². The Morgan fingerprint density at radius 1 is 1.17 bits per heavy atom. The van der Waals surface area contributed by atoms with E-state index in [2.05, 4.69) is 27.8 Å². The Labute approximate surface area is 209 Å². The molecule has 2 aromatic carbocycles. The van der Waals surface area contributed by atoms with Gasteiger partial charge in [-0.2, -0.15) is 4.98 Å². The highest BCUT2D eigenvalue weighted by Gasteiger charge is 2.20. The Hall–Kier alpha value is -3.98. The van der Waals surface area contributed by atoms with E-state index in [1.807, 2.05) is 48.9 Å². The summed E-state index contributed by atoms with van der Waals surface area (Å²) >= 11 is 0. The molecular weight excluding hydrogens is 454 g/mol. The first kappa shape index (κ1) is 23.7. The van der Waals surface area contributed by atoms with Gasteiger partial charge in [0, 0.05) is 38.6 Å². The van der Waals surface area contributed by atoms with Crippen molar-refractivity contribution in [2.75, 3.05) is 26.0 Å². The van der Waals surface area contributed by atoms with Crippen molar-refractivity contribution in [1.29, 1.82) is 0 Å². The van der Waals surface area contributed by atoms with E-state index < -0.39 is 0 Å². The molecule has 3 heterocycles. The minimum absolute atomic E-state index is 0.0143. The Kier molecular flexibility index (Phi) is 6.32. The van der Waals surface area contributed by atoms with Gasteiger partial charge in [-0.3, -0.25) is 9.59 Å². The number of nitrogens with zero attached hydrogens (tertiary/aromatic N) is 5. The van der Waals surface area contributed by atoms with Crippen LogP contribution in [0.15, 0.2) is 53.5 Å². The van der Waals surface area contributed by atoms with E-state index in [1.54, 1.807) is 29.9 Å². The fourth-order valence-electron chi connectivity index (χ4n) is 4.59. The second kappa shape index (κ2) is 9.58. The van der Waals surface area contributed by atoms with Crippen LogP contribution >= 0.6 is 0 Å². The molecule has 5 rings (SSSR count). The minimum Gasteiger partial charge on any atom is -0.349 e. The second-order valence-electron chi connectivity index (χ2n) is 9.66. The fourth-order valence-corrected chi connectivity index (χ4v) is 4.59. The molecule has 0 saturated heterocycles. The Balaban J connectivity index is 1.58. The van der Waals surface area contributed by atoms with Gasteiger partial charge < -0.3 is 15.5 Å². The van der Waals surface area contributed by atoms with Gasteiger partial charge in [0.25, 0.3) is 5.56 Å². The predicted molar refractivity (Wildman–Crippen MR) is 141 cm³/mol. The van der Waals surface area contributed by atoms with Crippen molar-refractivity contribution in [1.82, 2.24) is 29.5 Å². The summed E-state index contributed by atoms with van der Waals surface area (Å²) in [7, 11) is 3.49. The molecule has 0 fully saturated rings. The van der Waals surface area contributed by atoms with Crippen LogP contribution in [0.5, 0.6) is 0 Å². The highest BCUT2D eigenvalue weighted by molar-refractivity contribution is 5.79. The van der Waals surface area contributed by atoms with E-state index in [9.17, 15) is 9.59 Å². The van der Waals surface area contributed by atoms with Crippen LogP contribution in [0.4, 0.5) is 11.6 Å². The molecule has 9 nitrogen and oxygen atoms in total. The van der Waals surface area contributed by atoms with E-state index >= 15 is 0 Å². The first-order chi connectivity index (χ1) is 17.3. The largest absolute Gasteiger partial charge is 0.349 e. The molecule has 4 aromatic rings. The minimum atomic E-state index is -0.150. The van der Waals surface area contributed by atoms with Gasteiger partial charge >= 0.3 is 0 Å². The number of aromatic nitrogens is 4. The monoisotopic (exact) mass is 485 g/mol. The molecule has 1 aliphatic heterocycles. The van der Waals surface area contributed by atoms with Crippen molar-refractivity contribution in [3.05, 3.63) is 75.7 Å². The maximum absolute atomic E-state index is 13.3. The SMILES string of the molecule is CC(C)n1c(=O)c2cnc(Nc3ccc4c(c3)CCNC4)nc2n1-c1cccc(CC(=O)N(C)C)c1. The normalized spacial score (nSPS) is 13.1. The maximum atomic E-state index is 13.3. The van der Waals surface area contributed by atoms with Crippen LogP contribution < -0.4 is 16.2 Å². The van der Waals surface area contributed by atoms with Gasteiger partial charge in [0.2, 0.25) is 11.9 Å². The number of hydrogen-bond donors (Lipinski definition) is 2. The number of rotatable bonds is 6. The highest BCUT2D eigenvalue weighted by atomic mass is 16.2. The standard InChI is InChI=1S/C27H31N7O2/c1-17(2)33-26(36)23-16-29-27(30-21-9-8-20-15-28-11-10-19(20)14-21)31-25(23)34(33)22-7-5-6-18(12-22)13-24(35)32(3)4/h5-9,12,14,16-17,28H,10-11,13,15H2,1-4H3,(H,29,30,31). The quantitative estimate of drug-likeness (QED) is 0.435. The third kappa shape index (κ3) is 4.49. The fraction of sp³-hybridized carbons (Fsp3) is 0.333. The summed E-state index contributed by atoms with van der Waals surface area (Å²) < 4.78 is 3.51. The first-order valence-corrected chi connectivity index (χ1v) is 12.2. The van der Waals surface area contributed by atoms with Crippen molar-refractivity contribution in [3.8, 4) is 5.69 Å². The van der Waals surface area contributed by atoms with Gasteiger partial charge in [-0.25, -0.2) is 14.3 Å². The lowest BCUT2D eigenvalue weighted by Crippen LogP contribution is -2.25. The van der Waals surface area contributed by atoms with E-state index in [4.69, 9.17) is 4.98 Å². The van der Waals surface area contributed by atoms with Crippen molar-refractivity contribution in [2.24, 2.45) is 0 Å². The third-order valence-electron chi connectivity index (χ3n) is 6.47. The molecule has 0 atom stereocenters. The van der Waals surface area contributed by atoms with Crippen molar-refractivity contribution < 1.29 is 4.79 Å². The van der Waals surface area contributed by atoms with Crippen LogP contribution in [0.25, 0.3) is 16.7 Å². The number of fused-ring (bicyclic) bond motifs is 2. The van der Waals surface area contributed by atoms with Gasteiger partial charge in [-0.05, 0) is 67.8 Å². The zero-order chi connectivity index (χ0) is 25.4. The van der Waals surface area contributed by atoms with E-state index in [0.29, 0.717) is 17.0 Å². The number of carbonyl (C=O) groups excluding carboxylic acids is 1. The van der Waals surface area contributed by atoms with Crippen LogP contribution in [0, 0.1) is 0 Å². The topological polar surface area (TPSA) is 97.1 Å². The predicted octanol–water partition coefficient (Wildman–Crippen LogP) is 3.18. The second-order valence-corrected chi connectivity index (χ2v) is 9.66. The molecule has 0 unspecified atom stereocenters. The molecule has 36 heavy (non-hydrogen) atoms. The molecule has 1 aliphatic rings. The number of benzene rings is 2. The zero-order valence-corrected chi connectivity index (χ0v) is 21.1. The lowest BCUT2D eigenvalue weighted by atomic mass is 10.0. The van der Waals surface area contributed by atoms with E-state index in [0.717, 1.165) is 36.4 Å². The number of anilines is 2. The van der Waals surface area contributed by atoms with Gasteiger partial charge in [0.05, 0.1) is 12.1 Å². The molecule has 0 aliphatic carbocycles. The Morgan fingerprint density at radius 3 is 2.78 bits per heavy atom. The van der Waals surface area contributed by atoms with Crippen LogP contribution in [0.3, 0.4) is 0 Å². The summed E-state index contributed by atoms with van der Waals surface area (Å²) in [6.45, 7) is 5.77. The van der Waals surface area contributed by atoms with Crippen LogP contribution in [-0.2, 0) is 24.2 Å². The molecule has 0 saturated carbocycles. The molecule has 0 bridgehead atoms. The van der Waals surface area contributed by atoms with Crippen LogP contribution in [0.2, 0.25) is 0 Å². The molecule has 2 aromatic heterocycles. The molecule has 2 N–H and O–H groups in total. The number of likely N-dealkylation sites (N-methyl/N-ethyl adjacent to an activating group) is 1. The molecule has 0 spiro atoms. The lowest BCUT2D eigenvalue weighted by molar-refractivity contribution is -0.127. The molecule has 186 valence electrons. The molecule has 0 radical (unpaired) electrons. The van der Waals surface area contributed by atoms with Crippen LogP contribution in [0.1, 0.15) is 36.6 Å².